The first-order valence-corrected chi connectivity index (χ1v) is 23.6. The second kappa shape index (κ2) is 17.0. The Morgan fingerprint density at radius 1 is 0.804 bits per heavy atom. The lowest BCUT2D eigenvalue weighted by Crippen LogP contribution is -2.30. The van der Waals surface area contributed by atoms with Gasteiger partial charge in [0.25, 0.3) is 20.2 Å². The summed E-state index contributed by atoms with van der Waals surface area (Å²) < 4.78 is 138. The van der Waals surface area contributed by atoms with Gasteiger partial charge in [0, 0.05) is 59.6 Å². The first kappa shape index (κ1) is 44.9. The fraction of sp³-hybridized carbons (Fsp3) is 0.444. The maximum Gasteiger partial charge on any atom is 0.303 e. The molecule has 0 spiro atoms. The van der Waals surface area contributed by atoms with Crippen molar-refractivity contribution in [3.8, 4) is 0 Å². The van der Waals surface area contributed by atoms with Gasteiger partial charge in [-0.1, -0.05) is 31.1 Å². The lowest BCUT2D eigenvalue weighted by molar-refractivity contribution is -0.437. The lowest BCUT2D eigenvalue weighted by atomic mass is 9.77. The summed E-state index contributed by atoms with van der Waals surface area (Å²) in [6.45, 7) is 5.66. The van der Waals surface area contributed by atoms with Crippen LogP contribution < -0.4 is 4.90 Å². The second-order valence-corrected chi connectivity index (χ2v) is 20.3. The first-order valence-electron chi connectivity index (χ1n) is 17.6. The molecule has 56 heavy (non-hydrogen) atoms. The molecule has 0 saturated heterocycles. The molecule has 0 aliphatic carbocycles. The SMILES string of the molecule is CC1(C)C(/C=C/C=C/C=C2/N(CCCS(=O)(=O)O)c3ccc(S(=O)(=O)[O-])cc3C2(C)CCCCCC(=O)O)=[N+](CCCS(=O)(=O)[O-])c2ccc(S(=O)(=O)O)cc21. The largest absolute Gasteiger partial charge is 0.748 e. The summed E-state index contributed by atoms with van der Waals surface area (Å²) >= 11 is 0. The number of carboxylic acids is 1. The van der Waals surface area contributed by atoms with Gasteiger partial charge in [-0.2, -0.15) is 21.4 Å². The number of nitrogens with zero attached hydrogens (tertiary/aromatic N) is 2. The highest BCUT2D eigenvalue weighted by Gasteiger charge is 2.45. The number of carbonyl (C=O) groups is 1. The fourth-order valence-corrected chi connectivity index (χ4v) is 9.32. The third-order valence-corrected chi connectivity index (χ3v) is 13.3. The molecule has 1 atom stereocenters. The number of carboxylic acid groups (broad SMARTS) is 1. The minimum absolute atomic E-state index is 0.00767. The fourth-order valence-electron chi connectivity index (χ4n) is 7.34. The average molecular weight is 858 g/mol. The van der Waals surface area contributed by atoms with Gasteiger partial charge in [0.05, 0.1) is 31.1 Å². The molecule has 3 N–H and O–H groups in total. The number of allylic oxidation sites excluding steroid dienone is 6. The molecule has 2 heterocycles. The zero-order valence-corrected chi connectivity index (χ0v) is 34.3. The van der Waals surface area contributed by atoms with Crippen molar-refractivity contribution in [2.45, 2.75) is 86.3 Å². The van der Waals surface area contributed by atoms with Gasteiger partial charge in [0.15, 0.2) is 5.71 Å². The highest BCUT2D eigenvalue weighted by atomic mass is 32.2. The number of hydrogen-bond acceptors (Lipinski definition) is 12. The Balaban J connectivity index is 1.77. The molecule has 0 amide bonds. The maximum absolute atomic E-state index is 12.1. The monoisotopic (exact) mass is 857 g/mol. The number of aliphatic carboxylic acids is 1. The average Bonchev–Trinajstić information content (AvgIpc) is 3.41. The zero-order valence-electron chi connectivity index (χ0n) is 31.0. The van der Waals surface area contributed by atoms with Crippen LogP contribution in [0.2, 0.25) is 0 Å². The van der Waals surface area contributed by atoms with E-state index in [9.17, 15) is 56.7 Å². The molecule has 1 unspecified atom stereocenters. The summed E-state index contributed by atoms with van der Waals surface area (Å²) in [5.41, 5.74) is 1.56. The lowest BCUT2D eigenvalue weighted by Gasteiger charge is -2.30. The molecule has 308 valence electrons. The summed E-state index contributed by atoms with van der Waals surface area (Å²) in [5.74, 6) is -2.12. The van der Waals surface area contributed by atoms with E-state index >= 15 is 0 Å². The van der Waals surface area contributed by atoms with Crippen LogP contribution in [-0.2, 0) is 56.1 Å². The van der Waals surface area contributed by atoms with Crippen molar-refractivity contribution in [3.63, 3.8) is 0 Å². The summed E-state index contributed by atoms with van der Waals surface area (Å²) in [6, 6.07) is 7.99. The Bertz CT molecular complexity index is 2430. The van der Waals surface area contributed by atoms with Gasteiger partial charge in [-0.05, 0) is 82.0 Å². The Morgan fingerprint density at radius 2 is 1.46 bits per heavy atom. The van der Waals surface area contributed by atoms with Crippen molar-refractivity contribution in [3.05, 3.63) is 83.6 Å². The van der Waals surface area contributed by atoms with Gasteiger partial charge in [0.2, 0.25) is 5.69 Å². The van der Waals surface area contributed by atoms with Crippen LogP contribution in [0.3, 0.4) is 0 Å². The van der Waals surface area contributed by atoms with E-state index in [0.717, 1.165) is 0 Å². The van der Waals surface area contributed by atoms with Gasteiger partial charge in [-0.15, -0.1) is 0 Å². The highest BCUT2D eigenvalue weighted by Crippen LogP contribution is 2.51. The first-order chi connectivity index (χ1) is 25.8. The molecule has 0 fully saturated rings. The van der Waals surface area contributed by atoms with E-state index in [4.69, 9.17) is 5.11 Å². The second-order valence-electron chi connectivity index (χ2n) is 14.4. The third kappa shape index (κ3) is 11.0. The molecule has 20 heteroatoms. The van der Waals surface area contributed by atoms with Crippen LogP contribution in [0.25, 0.3) is 0 Å². The number of anilines is 1. The van der Waals surface area contributed by atoms with E-state index in [0.29, 0.717) is 59.6 Å². The van der Waals surface area contributed by atoms with Crippen molar-refractivity contribution in [2.75, 3.05) is 29.5 Å². The minimum atomic E-state index is -4.86. The number of unbranched alkanes of at least 4 members (excludes halogenated alkanes) is 2. The van der Waals surface area contributed by atoms with Crippen molar-refractivity contribution < 1.29 is 66.4 Å². The van der Waals surface area contributed by atoms with Gasteiger partial charge in [-0.25, -0.2) is 16.8 Å². The summed E-state index contributed by atoms with van der Waals surface area (Å²) in [5, 5.41) is 9.09. The topological polar surface area (TPSA) is 267 Å². The van der Waals surface area contributed by atoms with E-state index in [1.807, 2.05) is 20.8 Å². The molecule has 2 aliphatic rings. The van der Waals surface area contributed by atoms with Gasteiger partial charge in [-0.3, -0.25) is 13.9 Å². The molecule has 2 aliphatic heterocycles. The van der Waals surface area contributed by atoms with Crippen LogP contribution in [0.4, 0.5) is 11.4 Å². The third-order valence-electron chi connectivity index (χ3n) is 10.0. The molecule has 16 nitrogen and oxygen atoms in total. The quantitative estimate of drug-likeness (QED) is 0.0772. The van der Waals surface area contributed by atoms with Gasteiger partial charge >= 0.3 is 5.97 Å². The predicted octanol–water partition coefficient (Wildman–Crippen LogP) is 4.24. The zero-order chi connectivity index (χ0) is 41.9. The normalized spacial score (nSPS) is 19.4. The summed E-state index contributed by atoms with van der Waals surface area (Å²) in [7, 11) is -18.2. The molecular formula is C36H45N2O14S4-. The van der Waals surface area contributed by atoms with Gasteiger partial charge in [0.1, 0.15) is 16.7 Å². The number of benzene rings is 2. The number of hydrogen-bond donors (Lipinski definition) is 3. The summed E-state index contributed by atoms with van der Waals surface area (Å²) in [4.78, 5) is 12.1. The van der Waals surface area contributed by atoms with Crippen molar-refractivity contribution >= 4 is 63.5 Å². The van der Waals surface area contributed by atoms with Crippen LogP contribution in [0.5, 0.6) is 0 Å². The Morgan fingerprint density at radius 3 is 2.07 bits per heavy atom. The van der Waals surface area contributed by atoms with Crippen molar-refractivity contribution in [1.82, 2.24) is 0 Å². The highest BCUT2D eigenvalue weighted by molar-refractivity contribution is 7.86. The minimum Gasteiger partial charge on any atom is -0.748 e. The molecule has 2 aromatic carbocycles. The van der Waals surface area contributed by atoms with E-state index in [-0.39, 0.29) is 37.2 Å². The van der Waals surface area contributed by atoms with Gasteiger partial charge < -0.3 is 19.1 Å². The molecule has 0 radical (unpaired) electrons. The molecule has 0 saturated carbocycles. The summed E-state index contributed by atoms with van der Waals surface area (Å²) in [6.07, 6.45) is 10.3. The molecule has 2 aromatic rings. The van der Waals surface area contributed by atoms with Crippen LogP contribution in [0.1, 0.15) is 76.8 Å². The smallest absolute Gasteiger partial charge is 0.303 e. The Labute approximate surface area is 328 Å². The van der Waals surface area contributed by atoms with E-state index in [1.165, 1.54) is 36.4 Å². The van der Waals surface area contributed by atoms with E-state index in [2.05, 4.69) is 0 Å². The molecular weight excluding hydrogens is 813 g/mol. The molecule has 0 bridgehead atoms. The van der Waals surface area contributed by atoms with E-state index < -0.39 is 73.7 Å². The van der Waals surface area contributed by atoms with Crippen molar-refractivity contribution in [2.24, 2.45) is 0 Å². The maximum atomic E-state index is 12.1. The van der Waals surface area contributed by atoms with E-state index in [1.54, 1.807) is 39.9 Å². The molecule has 0 aromatic heterocycles. The number of rotatable bonds is 19. The van der Waals surface area contributed by atoms with Crippen LogP contribution in [-0.4, -0.2) is 97.8 Å². The van der Waals surface area contributed by atoms with Crippen molar-refractivity contribution in [1.29, 1.82) is 0 Å². The van der Waals surface area contributed by atoms with Crippen LogP contribution >= 0.6 is 0 Å². The Kier molecular flexibility index (Phi) is 13.6. The van der Waals surface area contributed by atoms with Crippen LogP contribution in [0, 0.1) is 0 Å². The predicted molar refractivity (Wildman–Crippen MR) is 205 cm³/mol. The number of fused-ring (bicyclic) bond motifs is 2. The molecule has 4 rings (SSSR count). The Hall–Kier alpha value is -3.76. The standard InChI is InChI=1S/C36H46N2O14S4/c1-35(2)28-24-26(55(47,48)49)15-17-30(28)37(20-10-22-53(41,42)43)32(35)12-6-4-7-13-33-36(3,19-9-5-8-14-34(39)40)29-25-27(56(50,51)52)16-18-31(29)38(33)21-11-23-54(44,45)46/h4,6-7,12-13,15-18,24-25H,5,8-11,14,19-23H2,1-3H3,(H4-,39,40,41,42,43,44,45,46,47,48,49,50,51,52)/p-1. The van der Waals surface area contributed by atoms with Crippen LogP contribution in [0.15, 0.2) is 82.3 Å².